The number of rotatable bonds is 12. The monoisotopic (exact) mass is 607 g/mol. The summed E-state index contributed by atoms with van der Waals surface area (Å²) in [4.78, 5) is 28.7. The summed E-state index contributed by atoms with van der Waals surface area (Å²) < 4.78 is 33.1. The van der Waals surface area contributed by atoms with Gasteiger partial charge >= 0.3 is 0 Å². The van der Waals surface area contributed by atoms with Crippen molar-refractivity contribution in [3.05, 3.63) is 82.9 Å². The van der Waals surface area contributed by atoms with Crippen molar-refractivity contribution in [3.8, 4) is 5.75 Å². The van der Waals surface area contributed by atoms with Crippen LogP contribution in [0.15, 0.2) is 65.6 Å². The molecule has 0 aliphatic rings. The molecule has 43 heavy (non-hydrogen) atoms. The van der Waals surface area contributed by atoms with Crippen LogP contribution in [0, 0.1) is 13.8 Å². The molecule has 3 aromatic rings. The molecule has 0 spiro atoms. The van der Waals surface area contributed by atoms with Gasteiger partial charge in [0, 0.05) is 31.8 Å². The van der Waals surface area contributed by atoms with Crippen molar-refractivity contribution in [2.75, 3.05) is 30.9 Å². The minimum atomic E-state index is -3.72. The number of amides is 2. The molecule has 1 N–H and O–H groups in total. The number of sulfonamides is 1. The number of nitrogens with zero attached hydrogens (tertiary/aromatic N) is 2. The Labute approximate surface area is 257 Å². The normalized spacial score (nSPS) is 11.8. The third-order valence-corrected chi connectivity index (χ3v) is 9.10. The highest BCUT2D eigenvalue weighted by atomic mass is 32.2. The predicted molar refractivity (Wildman–Crippen MR) is 173 cm³/mol. The number of ether oxygens (including phenoxy) is 1. The predicted octanol–water partition coefficient (Wildman–Crippen LogP) is 6.59. The molecule has 2 amide bonds. The number of benzene rings is 3. The van der Waals surface area contributed by atoms with Gasteiger partial charge in [0.15, 0.2) is 0 Å². The Bertz CT molecular complexity index is 1540. The molecule has 0 aliphatic carbocycles. The first kappa shape index (κ1) is 33.8. The summed E-state index contributed by atoms with van der Waals surface area (Å²) in [6.45, 7) is 12.0. The Hall–Kier alpha value is -3.69. The third-order valence-electron chi connectivity index (χ3n) is 7.29. The van der Waals surface area contributed by atoms with Crippen LogP contribution in [0.1, 0.15) is 69.2 Å². The Morgan fingerprint density at radius 3 is 2.23 bits per heavy atom. The molecule has 0 aliphatic heterocycles. The van der Waals surface area contributed by atoms with E-state index in [9.17, 15) is 18.0 Å². The van der Waals surface area contributed by atoms with Crippen LogP contribution >= 0.6 is 0 Å². The van der Waals surface area contributed by atoms with Crippen LogP contribution < -0.4 is 15.0 Å². The Balaban J connectivity index is 1.98. The van der Waals surface area contributed by atoms with Crippen molar-refractivity contribution in [3.63, 3.8) is 0 Å². The van der Waals surface area contributed by atoms with Crippen molar-refractivity contribution < 1.29 is 22.7 Å². The average molecular weight is 608 g/mol. The fourth-order valence-electron chi connectivity index (χ4n) is 4.82. The maximum atomic E-state index is 13.6. The largest absolute Gasteiger partial charge is 0.488 e. The summed E-state index contributed by atoms with van der Waals surface area (Å²) in [5, 5.41) is 2.92. The summed E-state index contributed by atoms with van der Waals surface area (Å²) in [6, 6.07) is 18.4. The molecule has 3 aromatic carbocycles. The van der Waals surface area contributed by atoms with E-state index in [1.54, 1.807) is 12.1 Å². The zero-order valence-corrected chi connectivity index (χ0v) is 27.5. The van der Waals surface area contributed by atoms with E-state index >= 15 is 0 Å². The van der Waals surface area contributed by atoms with E-state index in [2.05, 4.69) is 5.32 Å². The first-order chi connectivity index (χ1) is 20.2. The van der Waals surface area contributed by atoms with E-state index in [4.69, 9.17) is 4.74 Å². The summed E-state index contributed by atoms with van der Waals surface area (Å²) in [5.74, 6) is 0.0751. The molecule has 0 bridgehead atoms. The van der Waals surface area contributed by atoms with Crippen LogP contribution in [0.4, 0.5) is 11.4 Å². The van der Waals surface area contributed by atoms with E-state index in [-0.39, 0.29) is 22.8 Å². The molecular weight excluding hydrogens is 562 g/mol. The van der Waals surface area contributed by atoms with Gasteiger partial charge < -0.3 is 15.0 Å². The van der Waals surface area contributed by atoms with Crippen molar-refractivity contribution in [1.29, 1.82) is 0 Å². The average Bonchev–Trinajstić information content (AvgIpc) is 2.94. The van der Waals surface area contributed by atoms with Crippen LogP contribution in [0.5, 0.6) is 5.75 Å². The molecule has 0 saturated heterocycles. The van der Waals surface area contributed by atoms with E-state index in [0.29, 0.717) is 36.6 Å². The van der Waals surface area contributed by atoms with Crippen molar-refractivity contribution in [2.45, 2.75) is 77.7 Å². The fourth-order valence-corrected chi connectivity index (χ4v) is 5.75. The van der Waals surface area contributed by atoms with Crippen LogP contribution in [0.3, 0.4) is 0 Å². The van der Waals surface area contributed by atoms with Crippen molar-refractivity contribution in [2.24, 2.45) is 0 Å². The number of nitrogens with one attached hydrogen (secondary N) is 1. The van der Waals surface area contributed by atoms with Gasteiger partial charge in [-0.15, -0.1) is 0 Å². The van der Waals surface area contributed by atoms with Gasteiger partial charge in [-0.1, -0.05) is 76.6 Å². The standard InChI is InChI=1S/C34H45N3O5S/c1-9-10-16-32(39)37(30-20-17-24(2)33(25(30)3)42-23-26-14-12-11-13-15-26)22-31(38)35-29-21-27(43(40,41)36(7)8)18-19-28(29)34(4,5)6/h11-15,17-21H,9-10,16,22-23H2,1-8H3,(H,35,38). The summed E-state index contributed by atoms with van der Waals surface area (Å²) >= 11 is 0. The first-order valence-electron chi connectivity index (χ1n) is 14.6. The zero-order valence-electron chi connectivity index (χ0n) is 26.7. The first-order valence-corrected chi connectivity index (χ1v) is 16.0. The number of anilines is 2. The van der Waals surface area contributed by atoms with Crippen molar-refractivity contribution in [1.82, 2.24) is 4.31 Å². The summed E-state index contributed by atoms with van der Waals surface area (Å²) in [6.07, 6.45) is 1.82. The van der Waals surface area contributed by atoms with Crippen LogP contribution in [-0.4, -0.2) is 45.2 Å². The number of unbranched alkanes of at least 4 members (excludes halogenated alkanes) is 1. The quantitative estimate of drug-likeness (QED) is 0.251. The van der Waals surface area contributed by atoms with Crippen LogP contribution in [0.2, 0.25) is 0 Å². The lowest BCUT2D eigenvalue weighted by Crippen LogP contribution is -2.39. The molecule has 0 aromatic heterocycles. The SMILES string of the molecule is CCCCC(=O)N(CC(=O)Nc1cc(S(=O)(=O)N(C)C)ccc1C(C)(C)C)c1ccc(C)c(OCc2ccccc2)c1C. The van der Waals surface area contributed by atoms with Crippen LogP contribution in [-0.2, 0) is 31.6 Å². The van der Waals surface area contributed by atoms with E-state index in [1.807, 2.05) is 84.0 Å². The highest BCUT2D eigenvalue weighted by Gasteiger charge is 2.26. The van der Waals surface area contributed by atoms with Gasteiger partial charge in [0.1, 0.15) is 18.9 Å². The minimum Gasteiger partial charge on any atom is -0.488 e. The third kappa shape index (κ3) is 8.45. The Morgan fingerprint density at radius 2 is 1.63 bits per heavy atom. The zero-order chi connectivity index (χ0) is 31.9. The maximum absolute atomic E-state index is 13.6. The molecule has 0 fully saturated rings. The fraction of sp³-hybridized carbons (Fsp3) is 0.412. The molecule has 0 radical (unpaired) electrons. The molecule has 9 heteroatoms. The molecule has 0 unspecified atom stereocenters. The van der Waals surface area contributed by atoms with Gasteiger partial charge in [0.2, 0.25) is 21.8 Å². The van der Waals surface area contributed by atoms with Gasteiger partial charge in [-0.3, -0.25) is 9.59 Å². The van der Waals surface area contributed by atoms with Gasteiger partial charge in [-0.25, -0.2) is 12.7 Å². The maximum Gasteiger partial charge on any atom is 0.244 e. The van der Waals surface area contributed by atoms with Crippen LogP contribution in [0.25, 0.3) is 0 Å². The second-order valence-corrected chi connectivity index (χ2v) is 14.2. The molecule has 232 valence electrons. The Kier molecular flexibility index (Phi) is 11.2. The molecule has 8 nitrogen and oxygen atoms in total. The number of aryl methyl sites for hydroxylation is 1. The van der Waals surface area contributed by atoms with Gasteiger partial charge in [0.05, 0.1) is 10.6 Å². The molecule has 0 heterocycles. The Morgan fingerprint density at radius 1 is 0.953 bits per heavy atom. The molecular formula is C34H45N3O5S. The minimum absolute atomic E-state index is 0.0752. The lowest BCUT2D eigenvalue weighted by Gasteiger charge is -2.27. The lowest BCUT2D eigenvalue weighted by atomic mass is 9.86. The lowest BCUT2D eigenvalue weighted by molar-refractivity contribution is -0.121. The van der Waals surface area contributed by atoms with Gasteiger partial charge in [-0.05, 0) is 60.6 Å². The summed E-state index contributed by atoms with van der Waals surface area (Å²) in [5.41, 5.74) is 4.12. The molecule has 0 atom stereocenters. The number of hydrogen-bond acceptors (Lipinski definition) is 5. The second kappa shape index (κ2) is 14.2. The highest BCUT2D eigenvalue weighted by molar-refractivity contribution is 7.89. The van der Waals surface area contributed by atoms with Gasteiger partial charge in [0.25, 0.3) is 0 Å². The summed E-state index contributed by atoms with van der Waals surface area (Å²) in [7, 11) is -0.794. The molecule has 3 rings (SSSR count). The number of hydrogen-bond donors (Lipinski definition) is 1. The topological polar surface area (TPSA) is 96.0 Å². The van der Waals surface area contributed by atoms with E-state index < -0.39 is 15.9 Å². The van der Waals surface area contributed by atoms with Crippen molar-refractivity contribution >= 4 is 33.2 Å². The smallest absolute Gasteiger partial charge is 0.244 e. The number of carbonyl (C=O) groups excluding carboxylic acids is 2. The molecule has 0 saturated carbocycles. The van der Waals surface area contributed by atoms with E-state index in [1.165, 1.54) is 25.1 Å². The number of carbonyl (C=O) groups is 2. The van der Waals surface area contributed by atoms with Gasteiger partial charge in [-0.2, -0.15) is 0 Å². The second-order valence-electron chi connectivity index (χ2n) is 12.0. The van der Waals surface area contributed by atoms with E-state index in [0.717, 1.165) is 33.0 Å². The highest BCUT2D eigenvalue weighted by Crippen LogP contribution is 2.34.